The lowest BCUT2D eigenvalue weighted by atomic mass is 10.0. The van der Waals surface area contributed by atoms with Gasteiger partial charge in [0.2, 0.25) is 0 Å². The number of para-hydroxylation sites is 2. The normalized spacial score (nSPS) is 11.4. The van der Waals surface area contributed by atoms with Crippen LogP contribution in [-0.4, -0.2) is 25.4 Å². The molecule has 0 saturated heterocycles. The second-order valence-electron chi connectivity index (χ2n) is 9.95. The summed E-state index contributed by atoms with van der Waals surface area (Å²) in [6.45, 7) is 5.08. The van der Waals surface area contributed by atoms with Crippen molar-refractivity contribution in [2.24, 2.45) is 7.05 Å². The van der Waals surface area contributed by atoms with Gasteiger partial charge in [-0.15, -0.1) is 0 Å². The van der Waals surface area contributed by atoms with E-state index in [9.17, 15) is 4.79 Å². The molecule has 38 heavy (non-hydrogen) atoms. The van der Waals surface area contributed by atoms with Gasteiger partial charge in [0, 0.05) is 31.1 Å². The van der Waals surface area contributed by atoms with Gasteiger partial charge in [0.15, 0.2) is 0 Å². The van der Waals surface area contributed by atoms with E-state index < -0.39 is 0 Å². The molecule has 2 heterocycles. The fourth-order valence-electron chi connectivity index (χ4n) is 5.34. The number of fused-ring (bicyclic) bond motifs is 2. The molecule has 0 bridgehead atoms. The molecule has 2 aromatic heterocycles. The number of aryl methyl sites for hydroxylation is 3. The van der Waals surface area contributed by atoms with Gasteiger partial charge in [-0.1, -0.05) is 61.5 Å². The van der Waals surface area contributed by atoms with Gasteiger partial charge >= 0.3 is 0 Å². The monoisotopic (exact) mass is 498 g/mol. The molecule has 4 aromatic carbocycles. The highest BCUT2D eigenvalue weighted by Crippen LogP contribution is 2.31. The molecule has 0 fully saturated rings. The van der Waals surface area contributed by atoms with Crippen LogP contribution in [0.4, 0.5) is 0 Å². The molecule has 0 aliphatic carbocycles. The number of aldehydes is 1. The van der Waals surface area contributed by atoms with Crippen molar-refractivity contribution < 1.29 is 4.79 Å². The van der Waals surface area contributed by atoms with Crippen LogP contribution in [0.3, 0.4) is 0 Å². The summed E-state index contributed by atoms with van der Waals surface area (Å²) in [6.07, 6.45) is 2.85. The first-order chi connectivity index (χ1) is 18.6. The van der Waals surface area contributed by atoms with Gasteiger partial charge in [0.25, 0.3) is 0 Å². The van der Waals surface area contributed by atoms with Gasteiger partial charge in [-0.05, 0) is 65.9 Å². The molecule has 0 aliphatic rings. The topological polar surface area (TPSA) is 52.7 Å². The second-order valence-corrected chi connectivity index (χ2v) is 9.95. The predicted octanol–water partition coefficient (Wildman–Crippen LogP) is 7.38. The van der Waals surface area contributed by atoms with E-state index in [0.29, 0.717) is 5.56 Å². The van der Waals surface area contributed by atoms with Crippen molar-refractivity contribution >= 4 is 28.4 Å². The van der Waals surface area contributed by atoms with E-state index in [0.717, 1.165) is 81.6 Å². The van der Waals surface area contributed by atoms with Crippen molar-refractivity contribution in [2.75, 3.05) is 0 Å². The fraction of sp³-hybridized carbons (Fsp3) is 0.182. The van der Waals surface area contributed by atoms with Crippen molar-refractivity contribution in [2.45, 2.75) is 33.2 Å². The third kappa shape index (κ3) is 4.20. The van der Waals surface area contributed by atoms with E-state index in [1.54, 1.807) is 0 Å². The van der Waals surface area contributed by atoms with Gasteiger partial charge in [-0.2, -0.15) is 0 Å². The summed E-state index contributed by atoms with van der Waals surface area (Å²) in [7, 11) is 2.08. The predicted molar refractivity (Wildman–Crippen MR) is 155 cm³/mol. The summed E-state index contributed by atoms with van der Waals surface area (Å²) in [5.41, 5.74) is 10.6. The van der Waals surface area contributed by atoms with Gasteiger partial charge in [0.1, 0.15) is 17.9 Å². The van der Waals surface area contributed by atoms with Crippen molar-refractivity contribution in [1.82, 2.24) is 19.1 Å². The average molecular weight is 499 g/mol. The molecule has 5 heteroatoms. The van der Waals surface area contributed by atoms with E-state index in [4.69, 9.17) is 9.97 Å². The second kappa shape index (κ2) is 9.75. The molecule has 6 rings (SSSR count). The van der Waals surface area contributed by atoms with Crippen LogP contribution >= 0.6 is 0 Å². The van der Waals surface area contributed by atoms with E-state index in [2.05, 4.69) is 84.6 Å². The van der Waals surface area contributed by atoms with Crippen LogP contribution in [-0.2, 0) is 20.0 Å². The third-order valence-electron chi connectivity index (χ3n) is 7.29. The van der Waals surface area contributed by atoms with Gasteiger partial charge in [-0.25, -0.2) is 9.97 Å². The number of imidazole rings is 2. The molecule has 6 aromatic rings. The Morgan fingerprint density at radius 1 is 0.816 bits per heavy atom. The van der Waals surface area contributed by atoms with Crippen LogP contribution in [0.2, 0.25) is 0 Å². The smallest absolute Gasteiger partial charge is 0.150 e. The van der Waals surface area contributed by atoms with Gasteiger partial charge < -0.3 is 9.13 Å². The van der Waals surface area contributed by atoms with Crippen molar-refractivity contribution in [3.8, 4) is 22.5 Å². The lowest BCUT2D eigenvalue weighted by Gasteiger charge is -2.11. The third-order valence-corrected chi connectivity index (χ3v) is 7.29. The number of aromatic nitrogens is 4. The minimum Gasteiger partial charge on any atom is -0.327 e. The number of hydrogen-bond donors (Lipinski definition) is 0. The Kier molecular flexibility index (Phi) is 6.12. The minimum atomic E-state index is 0.687. The largest absolute Gasteiger partial charge is 0.327 e. The Balaban J connectivity index is 1.42. The van der Waals surface area contributed by atoms with Gasteiger partial charge in [-0.3, -0.25) is 4.79 Å². The molecule has 0 N–H and O–H groups in total. The molecule has 0 radical (unpaired) electrons. The molecular formula is C33H30N4O. The summed E-state index contributed by atoms with van der Waals surface area (Å²) in [5, 5.41) is 0. The highest BCUT2D eigenvalue weighted by Gasteiger charge is 2.17. The number of carbonyl (C=O) groups is 1. The van der Waals surface area contributed by atoms with Crippen LogP contribution in [0.15, 0.2) is 84.9 Å². The first kappa shape index (κ1) is 23.9. The number of hydrogen-bond acceptors (Lipinski definition) is 3. The fourth-order valence-corrected chi connectivity index (χ4v) is 5.34. The summed E-state index contributed by atoms with van der Waals surface area (Å²) in [6, 6.07) is 29.0. The molecule has 0 aliphatic heterocycles. The first-order valence-corrected chi connectivity index (χ1v) is 13.1. The van der Waals surface area contributed by atoms with Gasteiger partial charge in [0.05, 0.1) is 22.1 Å². The Hall–Kier alpha value is -4.51. The molecule has 5 nitrogen and oxygen atoms in total. The van der Waals surface area contributed by atoms with Crippen LogP contribution in [0.1, 0.15) is 40.7 Å². The zero-order valence-corrected chi connectivity index (χ0v) is 22.0. The lowest BCUT2D eigenvalue weighted by Crippen LogP contribution is -2.05. The molecular weight excluding hydrogens is 468 g/mol. The molecule has 0 saturated carbocycles. The Labute approximate surface area is 222 Å². The summed E-state index contributed by atoms with van der Waals surface area (Å²) in [4.78, 5) is 21.2. The molecule has 188 valence electrons. The highest BCUT2D eigenvalue weighted by atomic mass is 16.1. The zero-order chi connectivity index (χ0) is 26.2. The van der Waals surface area contributed by atoms with Crippen LogP contribution in [0.5, 0.6) is 0 Å². The molecule has 0 amide bonds. The summed E-state index contributed by atoms with van der Waals surface area (Å²) < 4.78 is 4.53. The van der Waals surface area contributed by atoms with Crippen LogP contribution < -0.4 is 0 Å². The maximum absolute atomic E-state index is 11.2. The standard InChI is InChI=1S/C33H30N4O/c1-4-8-31-35-32-22(2)17-27(33-34-28-11-5-6-12-29(28)36(33)3)19-30(32)37(31)20-23-13-15-25(16-14-23)26-10-7-9-24(18-26)21-38/h5-7,9-19,21H,4,8,20H2,1-3H3. The van der Waals surface area contributed by atoms with E-state index in [1.165, 1.54) is 5.56 Å². The van der Waals surface area contributed by atoms with Crippen molar-refractivity contribution in [3.63, 3.8) is 0 Å². The number of carbonyl (C=O) groups excluding carboxylic acids is 1. The SMILES string of the molecule is CCCc1nc2c(C)cc(-c3nc4ccccc4n3C)cc2n1Cc1ccc(-c2cccc(C=O)c2)cc1. The summed E-state index contributed by atoms with van der Waals surface area (Å²) in [5.74, 6) is 2.07. The zero-order valence-electron chi connectivity index (χ0n) is 22.0. The number of benzene rings is 4. The number of nitrogens with zero attached hydrogens (tertiary/aromatic N) is 4. The highest BCUT2D eigenvalue weighted by molar-refractivity contribution is 5.87. The van der Waals surface area contributed by atoms with E-state index in [1.807, 2.05) is 30.3 Å². The minimum absolute atomic E-state index is 0.687. The maximum atomic E-state index is 11.2. The molecule has 0 atom stereocenters. The first-order valence-electron chi connectivity index (χ1n) is 13.1. The van der Waals surface area contributed by atoms with Crippen molar-refractivity contribution in [1.29, 1.82) is 0 Å². The van der Waals surface area contributed by atoms with Crippen LogP contribution in [0.25, 0.3) is 44.6 Å². The summed E-state index contributed by atoms with van der Waals surface area (Å²) >= 11 is 0. The maximum Gasteiger partial charge on any atom is 0.150 e. The lowest BCUT2D eigenvalue weighted by molar-refractivity contribution is 0.112. The van der Waals surface area contributed by atoms with Crippen molar-refractivity contribution in [3.05, 3.63) is 107 Å². The van der Waals surface area contributed by atoms with Crippen LogP contribution in [0, 0.1) is 6.92 Å². The Bertz CT molecular complexity index is 1790. The molecule has 0 unspecified atom stereocenters. The van der Waals surface area contributed by atoms with E-state index in [-0.39, 0.29) is 0 Å². The number of rotatable bonds is 7. The Morgan fingerprint density at radius 3 is 2.39 bits per heavy atom. The van der Waals surface area contributed by atoms with E-state index >= 15 is 0 Å². The Morgan fingerprint density at radius 2 is 1.63 bits per heavy atom. The quantitative estimate of drug-likeness (QED) is 0.216. The average Bonchev–Trinajstić information content (AvgIpc) is 3.47. The molecule has 0 spiro atoms.